The van der Waals surface area contributed by atoms with Crippen molar-refractivity contribution < 1.29 is 14.6 Å². The third kappa shape index (κ3) is 5.77. The van der Waals surface area contributed by atoms with Crippen LogP contribution in [0.1, 0.15) is 41.3 Å². The first kappa shape index (κ1) is 25.0. The first-order valence-corrected chi connectivity index (χ1v) is 12.4. The molecule has 1 aliphatic rings. The summed E-state index contributed by atoms with van der Waals surface area (Å²) in [6.45, 7) is 4.42. The fourth-order valence-electron chi connectivity index (χ4n) is 5.22. The monoisotopic (exact) mass is 476 g/mol. The molecule has 35 heavy (non-hydrogen) atoms. The van der Waals surface area contributed by atoms with Crippen LogP contribution in [0, 0.1) is 12.8 Å². The molecule has 1 fully saturated rings. The van der Waals surface area contributed by atoms with Gasteiger partial charge in [-0.15, -0.1) is 0 Å². The molecule has 2 heterocycles. The van der Waals surface area contributed by atoms with Crippen molar-refractivity contribution in [1.29, 1.82) is 0 Å². The van der Waals surface area contributed by atoms with Crippen LogP contribution in [0.15, 0.2) is 65.5 Å². The van der Waals surface area contributed by atoms with E-state index >= 15 is 0 Å². The zero-order valence-corrected chi connectivity index (χ0v) is 20.9. The van der Waals surface area contributed by atoms with E-state index in [2.05, 4.69) is 35.2 Å². The lowest BCUT2D eigenvalue weighted by molar-refractivity contribution is 0.147. The molecule has 0 radical (unpaired) electrons. The predicted octanol–water partition coefficient (Wildman–Crippen LogP) is 4.56. The molecular formula is C29H36N2O4. The van der Waals surface area contributed by atoms with Crippen LogP contribution >= 0.6 is 0 Å². The van der Waals surface area contributed by atoms with E-state index in [-0.39, 0.29) is 17.4 Å². The molecule has 186 valence electrons. The van der Waals surface area contributed by atoms with E-state index in [4.69, 9.17) is 9.47 Å². The highest BCUT2D eigenvalue weighted by Crippen LogP contribution is 2.36. The van der Waals surface area contributed by atoms with E-state index in [9.17, 15) is 9.90 Å². The Balaban J connectivity index is 1.68. The van der Waals surface area contributed by atoms with Gasteiger partial charge in [-0.2, -0.15) is 0 Å². The van der Waals surface area contributed by atoms with Gasteiger partial charge >= 0.3 is 0 Å². The fourth-order valence-corrected chi connectivity index (χ4v) is 5.22. The molecule has 6 heteroatoms. The smallest absolute Gasteiger partial charge is 0.259 e. The van der Waals surface area contributed by atoms with Crippen molar-refractivity contribution in [3.63, 3.8) is 0 Å². The Bertz CT molecular complexity index is 1170. The standard InChI is InChI=1S/C29H36N2O4/c1-21-18-26(32)27(29(33)31(21)16-17-34-2)28(24-10-7-11-25(20-24)35-3)30-14-12-23(13-15-30)19-22-8-5-4-6-9-22/h4-11,18,20,23,28,32H,12-17,19H2,1-3H3/t28-/m0/s1. The molecule has 1 N–H and O–H groups in total. The molecule has 2 aromatic carbocycles. The van der Waals surface area contributed by atoms with Crippen molar-refractivity contribution in [2.24, 2.45) is 5.92 Å². The normalized spacial score (nSPS) is 15.7. The van der Waals surface area contributed by atoms with Gasteiger partial charge in [-0.1, -0.05) is 42.5 Å². The second-order valence-electron chi connectivity index (χ2n) is 9.38. The summed E-state index contributed by atoms with van der Waals surface area (Å²) in [6.07, 6.45) is 3.15. The van der Waals surface area contributed by atoms with E-state index in [1.807, 2.05) is 31.2 Å². The third-order valence-electron chi connectivity index (χ3n) is 7.11. The lowest BCUT2D eigenvalue weighted by Gasteiger charge is -2.38. The van der Waals surface area contributed by atoms with E-state index < -0.39 is 0 Å². The maximum atomic E-state index is 13.7. The molecule has 6 nitrogen and oxygen atoms in total. The number of pyridine rings is 1. The Labute approximate surface area is 207 Å². The number of hydrogen-bond donors (Lipinski definition) is 1. The summed E-state index contributed by atoms with van der Waals surface area (Å²) in [4.78, 5) is 16.1. The lowest BCUT2D eigenvalue weighted by atomic mass is 9.87. The molecule has 0 aliphatic carbocycles. The Hall–Kier alpha value is -3.09. The van der Waals surface area contributed by atoms with Gasteiger partial charge in [-0.3, -0.25) is 9.69 Å². The summed E-state index contributed by atoms with van der Waals surface area (Å²) < 4.78 is 12.4. The molecular weight excluding hydrogens is 440 g/mol. The van der Waals surface area contributed by atoms with Crippen LogP contribution in [-0.2, 0) is 17.7 Å². The van der Waals surface area contributed by atoms with Crippen LogP contribution in [0.25, 0.3) is 0 Å². The number of aryl methyl sites for hydroxylation is 1. The first-order chi connectivity index (χ1) is 17.0. The minimum atomic E-state index is -0.357. The molecule has 1 aliphatic heterocycles. The molecule has 4 rings (SSSR count). The maximum absolute atomic E-state index is 13.7. The second-order valence-corrected chi connectivity index (χ2v) is 9.38. The molecule has 0 unspecified atom stereocenters. The number of methoxy groups -OCH3 is 2. The number of likely N-dealkylation sites (tertiary alicyclic amines) is 1. The molecule has 0 amide bonds. The Morgan fingerprint density at radius 2 is 1.77 bits per heavy atom. The Kier molecular flexibility index (Phi) is 8.26. The maximum Gasteiger partial charge on any atom is 0.259 e. The number of aromatic hydroxyl groups is 1. The number of ether oxygens (including phenoxy) is 2. The predicted molar refractivity (Wildman–Crippen MR) is 138 cm³/mol. The number of hydrogen-bond acceptors (Lipinski definition) is 5. The van der Waals surface area contributed by atoms with Gasteiger partial charge in [0.25, 0.3) is 5.56 Å². The SMILES string of the molecule is COCCn1c(C)cc(O)c([C@H](c2cccc(OC)c2)N2CCC(Cc3ccccc3)CC2)c1=O. The lowest BCUT2D eigenvalue weighted by Crippen LogP contribution is -2.41. The minimum Gasteiger partial charge on any atom is -0.507 e. The number of aromatic nitrogens is 1. The number of piperidine rings is 1. The molecule has 1 atom stereocenters. The van der Waals surface area contributed by atoms with Gasteiger partial charge in [0.15, 0.2) is 0 Å². The van der Waals surface area contributed by atoms with Crippen molar-refractivity contribution in [3.8, 4) is 11.5 Å². The van der Waals surface area contributed by atoms with Crippen LogP contribution in [0.4, 0.5) is 0 Å². The first-order valence-electron chi connectivity index (χ1n) is 12.4. The number of rotatable bonds is 9. The molecule has 0 saturated carbocycles. The molecule has 1 saturated heterocycles. The highest BCUT2D eigenvalue weighted by molar-refractivity contribution is 5.43. The average Bonchev–Trinajstić information content (AvgIpc) is 2.87. The number of benzene rings is 2. The highest BCUT2D eigenvalue weighted by Gasteiger charge is 2.32. The van der Waals surface area contributed by atoms with Gasteiger partial charge in [-0.25, -0.2) is 0 Å². The minimum absolute atomic E-state index is 0.0420. The summed E-state index contributed by atoms with van der Waals surface area (Å²) in [5, 5.41) is 11.1. The summed E-state index contributed by atoms with van der Waals surface area (Å²) in [5.41, 5.74) is 3.28. The van der Waals surface area contributed by atoms with Crippen molar-refractivity contribution in [2.75, 3.05) is 33.9 Å². The Morgan fingerprint density at radius 1 is 1.03 bits per heavy atom. The van der Waals surface area contributed by atoms with Gasteiger partial charge in [0.1, 0.15) is 11.5 Å². The zero-order chi connectivity index (χ0) is 24.8. The van der Waals surface area contributed by atoms with Crippen molar-refractivity contribution in [2.45, 2.75) is 38.8 Å². The van der Waals surface area contributed by atoms with Crippen molar-refractivity contribution in [3.05, 3.63) is 93.4 Å². The van der Waals surface area contributed by atoms with E-state index in [0.29, 0.717) is 24.6 Å². The molecule has 0 bridgehead atoms. The van der Waals surface area contributed by atoms with Crippen LogP contribution in [0.3, 0.4) is 0 Å². The second kappa shape index (κ2) is 11.6. The van der Waals surface area contributed by atoms with Crippen molar-refractivity contribution in [1.82, 2.24) is 9.47 Å². The van der Waals surface area contributed by atoms with Gasteiger partial charge in [0, 0.05) is 19.3 Å². The van der Waals surface area contributed by atoms with Crippen LogP contribution in [0.2, 0.25) is 0 Å². The summed E-state index contributed by atoms with van der Waals surface area (Å²) in [5.74, 6) is 1.38. The Morgan fingerprint density at radius 3 is 2.46 bits per heavy atom. The van der Waals surface area contributed by atoms with Gasteiger partial charge in [0.2, 0.25) is 0 Å². The third-order valence-corrected chi connectivity index (χ3v) is 7.11. The summed E-state index contributed by atoms with van der Waals surface area (Å²) in [6, 6.07) is 19.8. The quantitative estimate of drug-likeness (QED) is 0.491. The summed E-state index contributed by atoms with van der Waals surface area (Å²) >= 11 is 0. The zero-order valence-electron chi connectivity index (χ0n) is 20.9. The van der Waals surface area contributed by atoms with Gasteiger partial charge in [0.05, 0.1) is 25.3 Å². The van der Waals surface area contributed by atoms with Crippen LogP contribution in [-0.4, -0.2) is 48.5 Å². The highest BCUT2D eigenvalue weighted by atomic mass is 16.5. The van der Waals surface area contributed by atoms with Crippen LogP contribution < -0.4 is 10.3 Å². The molecule has 0 spiro atoms. The van der Waals surface area contributed by atoms with Gasteiger partial charge in [-0.05, 0) is 74.5 Å². The summed E-state index contributed by atoms with van der Waals surface area (Å²) in [7, 11) is 3.27. The molecule has 3 aromatic rings. The topological polar surface area (TPSA) is 63.9 Å². The van der Waals surface area contributed by atoms with E-state index in [1.165, 1.54) is 5.56 Å². The largest absolute Gasteiger partial charge is 0.507 e. The number of nitrogens with zero attached hydrogens (tertiary/aromatic N) is 2. The van der Waals surface area contributed by atoms with E-state index in [0.717, 1.165) is 49.4 Å². The van der Waals surface area contributed by atoms with Crippen molar-refractivity contribution >= 4 is 0 Å². The average molecular weight is 477 g/mol. The van der Waals surface area contributed by atoms with E-state index in [1.54, 1.807) is 24.9 Å². The molecule has 1 aromatic heterocycles. The van der Waals surface area contributed by atoms with Crippen LogP contribution in [0.5, 0.6) is 11.5 Å². The van der Waals surface area contributed by atoms with Gasteiger partial charge < -0.3 is 19.1 Å². The fraction of sp³-hybridized carbons (Fsp3) is 0.414.